The van der Waals surface area contributed by atoms with Gasteiger partial charge in [0.05, 0.1) is 0 Å². The number of hydrazine groups is 1. The maximum absolute atomic E-state index is 12.2. The highest BCUT2D eigenvalue weighted by Gasteiger charge is 2.41. The lowest BCUT2D eigenvalue weighted by Gasteiger charge is -2.17. The minimum absolute atomic E-state index is 0.00762. The second-order valence-electron chi connectivity index (χ2n) is 7.66. The van der Waals surface area contributed by atoms with Gasteiger partial charge in [0.15, 0.2) is 0 Å². The quantitative estimate of drug-likeness (QED) is 0.258. The van der Waals surface area contributed by atoms with Gasteiger partial charge in [-0.25, -0.2) is 10.6 Å². The molecule has 0 radical (unpaired) electrons. The van der Waals surface area contributed by atoms with Gasteiger partial charge in [0.25, 0.3) is 0 Å². The maximum Gasteiger partial charge on any atom is 0.472 e. The van der Waals surface area contributed by atoms with Gasteiger partial charge in [0.2, 0.25) is 0 Å². The molecule has 2 aromatic carbocycles. The molecule has 0 fully saturated rings. The van der Waals surface area contributed by atoms with Gasteiger partial charge in [0.1, 0.15) is 6.61 Å². The van der Waals surface area contributed by atoms with Gasteiger partial charge in [-0.1, -0.05) is 61.4 Å². The number of halogens is 3. The zero-order valence-corrected chi connectivity index (χ0v) is 17.5. The Morgan fingerprint density at radius 3 is 2.09 bits per heavy atom. The van der Waals surface area contributed by atoms with Gasteiger partial charge in [-0.3, -0.25) is 9.80 Å². The number of hydrogen-bond acceptors (Lipinski definition) is 4. The van der Waals surface area contributed by atoms with Crippen molar-refractivity contribution in [2.24, 2.45) is 5.84 Å². The zero-order chi connectivity index (χ0) is 23.1. The smallest absolute Gasteiger partial charge is 0.449 e. The van der Waals surface area contributed by atoms with Crippen molar-refractivity contribution in [1.82, 2.24) is 10.3 Å². The SMILES string of the molecule is NN(CCCCCCNC(=O)OCC1c2ccccc2-c2ccccc21)C(=O)C(F)(F)F. The molecular formula is C23H26F3N3O3. The van der Waals surface area contributed by atoms with Gasteiger partial charge >= 0.3 is 18.2 Å². The van der Waals surface area contributed by atoms with E-state index in [9.17, 15) is 22.8 Å². The summed E-state index contributed by atoms with van der Waals surface area (Å²) in [5.74, 6) is 3.06. The molecule has 3 rings (SSSR count). The fraction of sp³-hybridized carbons (Fsp3) is 0.391. The number of amides is 2. The zero-order valence-electron chi connectivity index (χ0n) is 17.5. The summed E-state index contributed by atoms with van der Waals surface area (Å²) in [6.07, 6.45) is -3.20. The number of hydrogen-bond donors (Lipinski definition) is 2. The summed E-state index contributed by atoms with van der Waals surface area (Å²) in [5.41, 5.74) is 4.59. The fourth-order valence-electron chi connectivity index (χ4n) is 3.86. The number of alkyl carbamates (subject to hydrolysis) is 1. The Kier molecular flexibility index (Phi) is 7.74. The van der Waals surface area contributed by atoms with E-state index >= 15 is 0 Å². The van der Waals surface area contributed by atoms with E-state index in [1.807, 2.05) is 36.4 Å². The highest BCUT2D eigenvalue weighted by atomic mass is 19.4. The van der Waals surface area contributed by atoms with Crippen LogP contribution in [0.4, 0.5) is 18.0 Å². The van der Waals surface area contributed by atoms with Gasteiger partial charge < -0.3 is 10.1 Å². The average molecular weight is 449 g/mol. The van der Waals surface area contributed by atoms with Gasteiger partial charge in [-0.15, -0.1) is 0 Å². The first-order chi connectivity index (χ1) is 15.3. The summed E-state index contributed by atoms with van der Waals surface area (Å²) in [6.45, 7) is 0.460. The molecule has 0 aromatic heterocycles. The molecule has 1 aliphatic rings. The Morgan fingerprint density at radius 1 is 0.938 bits per heavy atom. The molecule has 0 bridgehead atoms. The number of unbranched alkanes of at least 4 members (excludes halogenated alkanes) is 3. The van der Waals surface area contributed by atoms with E-state index in [1.54, 1.807) is 0 Å². The van der Waals surface area contributed by atoms with Gasteiger partial charge in [0, 0.05) is 19.0 Å². The van der Waals surface area contributed by atoms with Crippen molar-refractivity contribution >= 4 is 12.0 Å². The molecule has 3 N–H and O–H groups in total. The minimum Gasteiger partial charge on any atom is -0.449 e. The second kappa shape index (κ2) is 10.5. The van der Waals surface area contributed by atoms with Crippen LogP contribution in [-0.2, 0) is 9.53 Å². The summed E-state index contributed by atoms with van der Waals surface area (Å²) in [6, 6.07) is 16.2. The Bertz CT molecular complexity index is 904. The molecule has 32 heavy (non-hydrogen) atoms. The molecule has 6 nitrogen and oxygen atoms in total. The molecule has 172 valence electrons. The first-order valence-corrected chi connectivity index (χ1v) is 10.5. The first-order valence-electron chi connectivity index (χ1n) is 10.5. The summed E-state index contributed by atoms with van der Waals surface area (Å²) in [5, 5.41) is 2.88. The van der Waals surface area contributed by atoms with Crippen molar-refractivity contribution < 1.29 is 27.5 Å². The van der Waals surface area contributed by atoms with Crippen LogP contribution >= 0.6 is 0 Å². The number of fused-ring (bicyclic) bond motifs is 3. The Hall–Kier alpha value is -3.07. The Labute approximate surface area is 184 Å². The number of benzene rings is 2. The van der Waals surface area contributed by atoms with E-state index in [0.717, 1.165) is 22.3 Å². The molecule has 0 aliphatic heterocycles. The fourth-order valence-corrected chi connectivity index (χ4v) is 3.86. The van der Waals surface area contributed by atoms with Crippen LogP contribution in [0.3, 0.4) is 0 Å². The van der Waals surface area contributed by atoms with Crippen LogP contribution in [0, 0.1) is 0 Å². The van der Waals surface area contributed by atoms with Crippen LogP contribution in [0.5, 0.6) is 0 Å². The molecule has 0 spiro atoms. The number of nitrogens with zero attached hydrogens (tertiary/aromatic N) is 1. The first kappa shape index (κ1) is 23.6. The van der Waals surface area contributed by atoms with Crippen LogP contribution in [0.15, 0.2) is 48.5 Å². The normalized spacial score (nSPS) is 12.8. The highest BCUT2D eigenvalue weighted by Crippen LogP contribution is 2.44. The van der Waals surface area contributed by atoms with Crippen LogP contribution in [-0.4, -0.2) is 42.9 Å². The summed E-state index contributed by atoms with van der Waals surface area (Å²) >= 11 is 0. The molecule has 0 saturated carbocycles. The molecule has 0 saturated heterocycles. The van der Waals surface area contributed by atoms with Crippen molar-refractivity contribution in [3.63, 3.8) is 0 Å². The molecule has 2 amide bonds. The van der Waals surface area contributed by atoms with Crippen molar-refractivity contribution in [2.45, 2.75) is 37.8 Å². The van der Waals surface area contributed by atoms with Gasteiger partial charge in [-0.05, 0) is 35.1 Å². The van der Waals surface area contributed by atoms with Crippen LogP contribution in [0.25, 0.3) is 11.1 Å². The van der Waals surface area contributed by atoms with Gasteiger partial charge in [-0.2, -0.15) is 13.2 Å². The molecule has 1 aliphatic carbocycles. The lowest BCUT2D eigenvalue weighted by Crippen LogP contribution is -2.46. The van der Waals surface area contributed by atoms with E-state index in [1.165, 1.54) is 0 Å². The third-order valence-corrected chi connectivity index (χ3v) is 5.44. The number of carbonyl (C=O) groups is 2. The Balaban J connectivity index is 1.33. The minimum atomic E-state index is -4.96. The third kappa shape index (κ3) is 5.79. The van der Waals surface area contributed by atoms with E-state index in [-0.39, 0.29) is 24.1 Å². The molecule has 0 unspecified atom stereocenters. The van der Waals surface area contributed by atoms with E-state index < -0.39 is 18.2 Å². The van der Waals surface area contributed by atoms with Crippen molar-refractivity contribution in [1.29, 1.82) is 0 Å². The Morgan fingerprint density at radius 2 is 1.50 bits per heavy atom. The van der Waals surface area contributed by atoms with Crippen molar-refractivity contribution in [3.05, 3.63) is 59.7 Å². The lowest BCUT2D eigenvalue weighted by molar-refractivity contribution is -0.185. The molecular weight excluding hydrogens is 423 g/mol. The maximum atomic E-state index is 12.2. The summed E-state index contributed by atoms with van der Waals surface area (Å²) in [4.78, 5) is 23.0. The monoisotopic (exact) mass is 449 g/mol. The third-order valence-electron chi connectivity index (χ3n) is 5.44. The lowest BCUT2D eigenvalue weighted by atomic mass is 9.98. The van der Waals surface area contributed by atoms with Crippen LogP contribution < -0.4 is 11.2 Å². The summed E-state index contributed by atoms with van der Waals surface area (Å²) < 4.78 is 42.1. The van der Waals surface area contributed by atoms with Crippen LogP contribution in [0.2, 0.25) is 0 Å². The topological polar surface area (TPSA) is 84.7 Å². The van der Waals surface area contributed by atoms with Crippen molar-refractivity contribution in [2.75, 3.05) is 19.7 Å². The number of nitrogens with two attached hydrogens (primary N) is 1. The molecule has 9 heteroatoms. The summed E-state index contributed by atoms with van der Waals surface area (Å²) in [7, 11) is 0. The number of carbonyl (C=O) groups excluding carboxylic acids is 2. The number of ether oxygens (including phenoxy) is 1. The second-order valence-corrected chi connectivity index (χ2v) is 7.66. The standard InChI is InChI=1S/C23H26F3N3O3/c24-23(25,26)21(30)29(27)14-8-2-1-7-13-28-22(31)32-15-20-18-11-5-3-9-16(18)17-10-4-6-12-19(17)20/h3-6,9-12,20H,1-2,7-8,13-15,27H2,(H,28,31). The van der Waals surface area contributed by atoms with Crippen molar-refractivity contribution in [3.8, 4) is 11.1 Å². The van der Waals surface area contributed by atoms with E-state index in [2.05, 4.69) is 17.4 Å². The predicted molar refractivity (Wildman–Crippen MR) is 113 cm³/mol. The predicted octanol–water partition coefficient (Wildman–Crippen LogP) is 4.35. The number of nitrogens with one attached hydrogen (secondary N) is 1. The molecule has 2 aromatic rings. The van der Waals surface area contributed by atoms with E-state index in [0.29, 0.717) is 32.2 Å². The molecule has 0 atom stereocenters. The number of alkyl halides is 3. The van der Waals surface area contributed by atoms with Crippen LogP contribution in [0.1, 0.15) is 42.7 Å². The number of rotatable bonds is 9. The van der Waals surface area contributed by atoms with E-state index in [4.69, 9.17) is 10.6 Å². The highest BCUT2D eigenvalue weighted by molar-refractivity contribution is 5.81. The largest absolute Gasteiger partial charge is 0.472 e. The molecule has 0 heterocycles. The average Bonchev–Trinajstić information content (AvgIpc) is 3.09.